The van der Waals surface area contributed by atoms with Crippen LogP contribution < -0.4 is 20.7 Å². The van der Waals surface area contributed by atoms with Gasteiger partial charge >= 0.3 is 5.97 Å². The Bertz CT molecular complexity index is 1390. The van der Waals surface area contributed by atoms with Crippen LogP contribution in [0.3, 0.4) is 0 Å². The average molecular weight is 637 g/mol. The first kappa shape index (κ1) is 36.2. The largest absolute Gasteiger partial charge is 0.494 e. The highest BCUT2D eigenvalue weighted by Crippen LogP contribution is 2.27. The lowest BCUT2D eigenvalue weighted by Gasteiger charge is -2.30. The molecule has 46 heavy (non-hydrogen) atoms. The predicted molar refractivity (Wildman–Crippen MR) is 174 cm³/mol. The summed E-state index contributed by atoms with van der Waals surface area (Å²) in [5.74, 6) is -1.80. The molecule has 11 nitrogen and oxygen atoms in total. The molecular weight excluding hydrogens is 588 g/mol. The Kier molecular flexibility index (Phi) is 12.9. The van der Waals surface area contributed by atoms with Gasteiger partial charge in [-0.3, -0.25) is 34.2 Å². The minimum atomic E-state index is -1.03. The lowest BCUT2D eigenvalue weighted by Crippen LogP contribution is -2.57. The van der Waals surface area contributed by atoms with Gasteiger partial charge in [-0.25, -0.2) is 0 Å². The van der Waals surface area contributed by atoms with E-state index in [1.807, 2.05) is 51.1 Å². The molecule has 0 saturated carbocycles. The summed E-state index contributed by atoms with van der Waals surface area (Å²) in [6, 6.07) is 11.4. The van der Waals surface area contributed by atoms with Crippen molar-refractivity contribution in [2.75, 3.05) is 20.2 Å². The molecular formula is C35H48N4O7. The van der Waals surface area contributed by atoms with Crippen LogP contribution in [0.5, 0.6) is 5.75 Å². The Morgan fingerprint density at radius 2 is 1.57 bits per heavy atom. The number of carbonyl (C=O) groups excluding carboxylic acids is 5. The van der Waals surface area contributed by atoms with Crippen LogP contribution >= 0.6 is 0 Å². The number of carbonyl (C=O) groups is 5. The van der Waals surface area contributed by atoms with Gasteiger partial charge in [0.15, 0.2) is 0 Å². The molecule has 0 saturated heterocycles. The first-order valence-corrected chi connectivity index (χ1v) is 15.9. The van der Waals surface area contributed by atoms with Crippen molar-refractivity contribution >= 4 is 29.6 Å². The van der Waals surface area contributed by atoms with Gasteiger partial charge in [-0.2, -0.15) is 0 Å². The third kappa shape index (κ3) is 10.1. The molecule has 0 radical (unpaired) electrons. The fourth-order valence-corrected chi connectivity index (χ4v) is 5.15. The maximum Gasteiger partial charge on any atom is 0.323 e. The average Bonchev–Trinajstić information content (AvgIpc) is 3.24. The second-order valence-corrected chi connectivity index (χ2v) is 12.9. The molecule has 1 heterocycles. The summed E-state index contributed by atoms with van der Waals surface area (Å²) in [7, 11) is 1.51. The van der Waals surface area contributed by atoms with Crippen molar-refractivity contribution in [3.05, 3.63) is 65.2 Å². The van der Waals surface area contributed by atoms with E-state index in [2.05, 4.69) is 16.0 Å². The van der Waals surface area contributed by atoms with Crippen LogP contribution in [0.4, 0.5) is 0 Å². The quantitative estimate of drug-likeness (QED) is 0.187. The van der Waals surface area contributed by atoms with Gasteiger partial charge in [0.2, 0.25) is 11.8 Å². The highest BCUT2D eigenvalue weighted by atomic mass is 16.6. The molecule has 250 valence electrons. The maximum absolute atomic E-state index is 13.7. The topological polar surface area (TPSA) is 143 Å². The molecule has 11 heteroatoms. The second-order valence-electron chi connectivity index (χ2n) is 12.9. The van der Waals surface area contributed by atoms with Crippen LogP contribution in [-0.4, -0.2) is 78.4 Å². The summed E-state index contributed by atoms with van der Waals surface area (Å²) in [4.78, 5) is 67.6. The Morgan fingerprint density at radius 3 is 2.17 bits per heavy atom. The Hall–Kier alpha value is -4.25. The van der Waals surface area contributed by atoms with E-state index in [0.29, 0.717) is 18.8 Å². The van der Waals surface area contributed by atoms with E-state index < -0.39 is 47.4 Å². The maximum atomic E-state index is 13.7. The van der Waals surface area contributed by atoms with Crippen molar-refractivity contribution in [1.29, 1.82) is 0 Å². The van der Waals surface area contributed by atoms with E-state index in [0.717, 1.165) is 16.9 Å². The fraction of sp³-hybridized carbons (Fsp3) is 0.514. The Labute approximate surface area is 271 Å². The highest BCUT2D eigenvalue weighted by Gasteiger charge is 2.38. The number of imide groups is 1. The molecule has 0 bridgehead atoms. The van der Waals surface area contributed by atoms with Gasteiger partial charge in [-0.15, -0.1) is 0 Å². The van der Waals surface area contributed by atoms with Crippen LogP contribution in [0.15, 0.2) is 48.5 Å². The molecule has 3 N–H and O–H groups in total. The van der Waals surface area contributed by atoms with E-state index in [4.69, 9.17) is 9.47 Å². The van der Waals surface area contributed by atoms with Crippen molar-refractivity contribution in [3.8, 4) is 5.75 Å². The third-order valence-electron chi connectivity index (χ3n) is 7.34. The molecule has 0 unspecified atom stereocenters. The summed E-state index contributed by atoms with van der Waals surface area (Å²) in [5.41, 5.74) is 0.570. The van der Waals surface area contributed by atoms with Crippen molar-refractivity contribution in [2.24, 2.45) is 5.92 Å². The number of fused-ring (bicyclic) bond motifs is 1. The molecule has 4 amide bonds. The van der Waals surface area contributed by atoms with Gasteiger partial charge in [-0.1, -0.05) is 51.1 Å². The summed E-state index contributed by atoms with van der Waals surface area (Å²) in [5, 5.41) is 8.62. The van der Waals surface area contributed by atoms with Gasteiger partial charge in [0.05, 0.1) is 23.8 Å². The van der Waals surface area contributed by atoms with Gasteiger partial charge < -0.3 is 20.1 Å². The van der Waals surface area contributed by atoms with Crippen molar-refractivity contribution < 1.29 is 33.4 Å². The first-order chi connectivity index (χ1) is 21.7. The summed E-state index contributed by atoms with van der Waals surface area (Å²) >= 11 is 0. The summed E-state index contributed by atoms with van der Waals surface area (Å²) < 4.78 is 11.3. The van der Waals surface area contributed by atoms with Crippen LogP contribution in [0.2, 0.25) is 0 Å². The first-order valence-electron chi connectivity index (χ1n) is 15.9. The number of ether oxygens (including phenoxy) is 2. The van der Waals surface area contributed by atoms with E-state index in [-0.39, 0.29) is 42.3 Å². The zero-order chi connectivity index (χ0) is 34.0. The van der Waals surface area contributed by atoms with Gasteiger partial charge in [0, 0.05) is 20.0 Å². The number of hydrogen-bond acceptors (Lipinski definition) is 8. The molecule has 3 rings (SSSR count). The molecule has 0 aliphatic carbocycles. The lowest BCUT2D eigenvalue weighted by atomic mass is 9.99. The Balaban J connectivity index is 1.82. The van der Waals surface area contributed by atoms with E-state index in [9.17, 15) is 24.0 Å². The highest BCUT2D eigenvalue weighted by molar-refractivity contribution is 6.21. The zero-order valence-corrected chi connectivity index (χ0v) is 28.0. The number of likely N-dealkylation sites (N-methyl/N-ethyl adjacent to an activating group) is 1. The fourth-order valence-electron chi connectivity index (χ4n) is 5.15. The zero-order valence-electron chi connectivity index (χ0n) is 28.0. The molecule has 0 fully saturated rings. The van der Waals surface area contributed by atoms with Crippen LogP contribution in [0.25, 0.3) is 0 Å². The SMILES string of the molecule is CCCOc1ccc2c(c1)C(=O)N(CC[C@@H](N[C@@H](CC(C)C)C(=O)N[C@@H](Cc1ccccc1)C(=O)NC)C(=O)OC(C)(C)C)C2=O. The van der Waals surface area contributed by atoms with E-state index in [1.165, 1.54) is 7.05 Å². The molecule has 0 spiro atoms. The van der Waals surface area contributed by atoms with E-state index >= 15 is 0 Å². The minimum absolute atomic E-state index is 0.00430. The number of rotatable bonds is 16. The molecule has 2 aromatic carbocycles. The normalized spacial score (nSPS) is 14.8. The number of esters is 1. The predicted octanol–water partition coefficient (Wildman–Crippen LogP) is 3.65. The molecule has 0 aromatic heterocycles. The van der Waals surface area contributed by atoms with E-state index in [1.54, 1.807) is 39.0 Å². The number of hydrogen-bond donors (Lipinski definition) is 3. The number of nitrogens with zero attached hydrogens (tertiary/aromatic N) is 1. The van der Waals surface area contributed by atoms with Crippen LogP contribution in [-0.2, 0) is 25.5 Å². The number of benzene rings is 2. The molecule has 3 atom stereocenters. The van der Waals surface area contributed by atoms with Crippen molar-refractivity contribution in [1.82, 2.24) is 20.9 Å². The minimum Gasteiger partial charge on any atom is -0.494 e. The second kappa shape index (κ2) is 16.4. The van der Waals surface area contributed by atoms with Crippen LogP contribution in [0, 0.1) is 5.92 Å². The van der Waals surface area contributed by atoms with Gasteiger partial charge in [0.25, 0.3) is 11.8 Å². The summed E-state index contributed by atoms with van der Waals surface area (Å²) in [6.07, 6.45) is 1.43. The summed E-state index contributed by atoms with van der Waals surface area (Å²) in [6.45, 7) is 11.5. The molecule has 1 aliphatic heterocycles. The number of amides is 4. The van der Waals surface area contributed by atoms with Gasteiger partial charge in [0.1, 0.15) is 23.4 Å². The van der Waals surface area contributed by atoms with Gasteiger partial charge in [-0.05, 0) is 69.7 Å². The smallest absolute Gasteiger partial charge is 0.323 e. The van der Waals surface area contributed by atoms with Crippen LogP contribution in [0.1, 0.15) is 87.1 Å². The Morgan fingerprint density at radius 1 is 0.891 bits per heavy atom. The molecule has 1 aliphatic rings. The van der Waals surface area contributed by atoms with Crippen molar-refractivity contribution in [3.63, 3.8) is 0 Å². The van der Waals surface area contributed by atoms with Crippen molar-refractivity contribution in [2.45, 2.75) is 91.0 Å². The molecule has 2 aromatic rings. The third-order valence-corrected chi connectivity index (χ3v) is 7.34. The monoisotopic (exact) mass is 636 g/mol. The number of nitrogens with one attached hydrogen (secondary N) is 3. The lowest BCUT2D eigenvalue weighted by molar-refractivity contribution is -0.158. The standard InChI is InChI=1S/C35H48N4O7/c1-8-18-45-24-14-15-25-26(21-24)33(43)39(32(25)42)17-16-27(34(44)46-35(4,5)6)37-28(19-22(2)3)31(41)38-29(30(40)36-7)20-23-12-10-9-11-13-23/h9-15,21-22,27-29,37H,8,16-20H2,1-7H3,(H,36,40)(H,38,41)/t27-,28+,29+/m1/s1.